The van der Waals surface area contributed by atoms with Crippen LogP contribution < -0.4 is 10.6 Å². The third-order valence-electron chi connectivity index (χ3n) is 5.17. The minimum Gasteiger partial charge on any atom is -0.320 e. The van der Waals surface area contributed by atoms with Crippen LogP contribution in [0.3, 0.4) is 0 Å². The molecular weight excluding hydrogens is 308 g/mol. The lowest BCUT2D eigenvalue weighted by Gasteiger charge is -2.38. The second-order valence-electron chi connectivity index (χ2n) is 6.48. The van der Waals surface area contributed by atoms with Gasteiger partial charge in [-0.05, 0) is 36.8 Å². The molecule has 0 aromatic carbocycles. The molecule has 2 heterocycles. The maximum atomic E-state index is 12.6. The Balaban J connectivity index is 1.40. The smallest absolute Gasteiger partial charge is 0.320 e. The van der Waals surface area contributed by atoms with E-state index in [9.17, 15) is 14.4 Å². The van der Waals surface area contributed by atoms with Gasteiger partial charge in [0.15, 0.2) is 0 Å². The van der Waals surface area contributed by atoms with Crippen molar-refractivity contribution in [3.63, 3.8) is 0 Å². The first-order valence-corrected chi connectivity index (χ1v) is 8.13. The van der Waals surface area contributed by atoms with Gasteiger partial charge in [-0.2, -0.15) is 0 Å². The third kappa shape index (κ3) is 2.36. The van der Waals surface area contributed by atoms with E-state index in [2.05, 4.69) is 27.8 Å². The van der Waals surface area contributed by atoms with Crippen molar-refractivity contribution in [1.29, 1.82) is 0 Å². The second kappa shape index (κ2) is 5.74. The Bertz CT molecular complexity index is 686. The van der Waals surface area contributed by atoms with E-state index in [1.54, 1.807) is 18.3 Å². The lowest BCUT2D eigenvalue weighted by Crippen LogP contribution is -2.43. The predicted octanol–water partition coefficient (Wildman–Crippen LogP) is 1.36. The van der Waals surface area contributed by atoms with Crippen LogP contribution in [-0.4, -0.2) is 34.4 Å². The number of rotatable bonds is 3. The molecule has 4 aliphatic rings. The van der Waals surface area contributed by atoms with Crippen molar-refractivity contribution in [3.05, 3.63) is 36.7 Å². The fraction of sp³-hybridized carbons (Fsp3) is 0.412. The predicted molar refractivity (Wildman–Crippen MR) is 85.4 cm³/mol. The largest absolute Gasteiger partial charge is 0.320 e. The number of nitrogens with one attached hydrogen (secondary N) is 2. The molecule has 5 rings (SSSR count). The van der Waals surface area contributed by atoms with E-state index >= 15 is 0 Å². The summed E-state index contributed by atoms with van der Waals surface area (Å²) in [7, 11) is 0. The minimum absolute atomic E-state index is 0.101. The molecule has 0 spiro atoms. The number of anilines is 1. The van der Waals surface area contributed by atoms with Gasteiger partial charge in [0.2, 0.25) is 11.8 Å². The number of nitrogens with zero attached hydrogens (tertiary/aromatic N) is 2. The number of urea groups is 1. The number of hydrogen-bond donors (Lipinski definition) is 2. The number of fused-ring (bicyclic) bond motifs is 1. The highest BCUT2D eigenvalue weighted by atomic mass is 16.2. The lowest BCUT2D eigenvalue weighted by atomic mass is 9.63. The van der Waals surface area contributed by atoms with E-state index in [1.807, 2.05) is 0 Å². The summed E-state index contributed by atoms with van der Waals surface area (Å²) in [6.45, 7) is -0.101. The molecule has 4 amide bonds. The van der Waals surface area contributed by atoms with Crippen molar-refractivity contribution < 1.29 is 14.4 Å². The average Bonchev–Trinajstić information content (AvgIpc) is 2.88. The van der Waals surface area contributed by atoms with Gasteiger partial charge >= 0.3 is 6.03 Å². The summed E-state index contributed by atoms with van der Waals surface area (Å²) >= 11 is 0. The molecule has 124 valence electrons. The first-order chi connectivity index (χ1) is 11.6. The highest BCUT2D eigenvalue weighted by molar-refractivity contribution is 6.06. The molecular formula is C17H18N4O3. The van der Waals surface area contributed by atoms with Gasteiger partial charge in [-0.3, -0.25) is 19.5 Å². The van der Waals surface area contributed by atoms with Crippen molar-refractivity contribution in [2.24, 2.45) is 23.7 Å². The van der Waals surface area contributed by atoms with E-state index < -0.39 is 6.03 Å². The van der Waals surface area contributed by atoms with E-state index in [4.69, 9.17) is 0 Å². The number of pyridine rings is 1. The highest BCUT2D eigenvalue weighted by Gasteiger charge is 2.56. The molecule has 2 fully saturated rings. The molecule has 4 atom stereocenters. The van der Waals surface area contributed by atoms with Crippen molar-refractivity contribution >= 4 is 23.5 Å². The van der Waals surface area contributed by atoms with Gasteiger partial charge in [-0.15, -0.1) is 0 Å². The number of amides is 4. The van der Waals surface area contributed by atoms with Gasteiger partial charge in [0.05, 0.1) is 23.7 Å². The van der Waals surface area contributed by atoms with Crippen molar-refractivity contribution in [3.8, 4) is 0 Å². The summed E-state index contributed by atoms with van der Waals surface area (Å²) in [5, 5.41) is 5.19. The Hall–Kier alpha value is -2.70. The zero-order chi connectivity index (χ0) is 16.7. The summed E-state index contributed by atoms with van der Waals surface area (Å²) in [6, 6.07) is 2.94. The topological polar surface area (TPSA) is 91.4 Å². The highest BCUT2D eigenvalue weighted by Crippen LogP contribution is 2.49. The van der Waals surface area contributed by atoms with Crippen molar-refractivity contribution in [2.45, 2.75) is 12.8 Å². The first-order valence-electron chi connectivity index (χ1n) is 8.13. The number of likely N-dealkylation sites (tertiary alicyclic amines) is 1. The van der Waals surface area contributed by atoms with Crippen LogP contribution in [0, 0.1) is 23.7 Å². The van der Waals surface area contributed by atoms with E-state index in [1.165, 1.54) is 11.1 Å². The molecule has 1 saturated heterocycles. The van der Waals surface area contributed by atoms with Crippen LogP contribution in [0.2, 0.25) is 0 Å². The van der Waals surface area contributed by atoms with Gasteiger partial charge in [0, 0.05) is 6.20 Å². The number of carbonyl (C=O) groups is 3. The molecule has 7 nitrogen and oxygen atoms in total. The fourth-order valence-corrected chi connectivity index (χ4v) is 4.05. The zero-order valence-corrected chi connectivity index (χ0v) is 13.0. The molecule has 1 aliphatic heterocycles. The first kappa shape index (κ1) is 14.9. The molecule has 1 saturated carbocycles. The fourth-order valence-electron chi connectivity index (χ4n) is 4.05. The molecule has 1 aromatic heterocycles. The molecule has 2 bridgehead atoms. The number of aromatic nitrogens is 1. The molecule has 2 N–H and O–H groups in total. The Labute approximate surface area is 139 Å². The van der Waals surface area contributed by atoms with Gasteiger partial charge in [0.25, 0.3) is 0 Å². The van der Waals surface area contributed by atoms with Crippen LogP contribution in [0.1, 0.15) is 12.8 Å². The normalized spacial score (nSPS) is 30.4. The summed E-state index contributed by atoms with van der Waals surface area (Å²) in [5.74, 6) is -0.498. The Kier molecular flexibility index (Phi) is 3.55. The number of imide groups is 1. The monoisotopic (exact) mass is 326 g/mol. The van der Waals surface area contributed by atoms with Crippen LogP contribution >= 0.6 is 0 Å². The second-order valence-corrected chi connectivity index (χ2v) is 6.48. The van der Waals surface area contributed by atoms with Gasteiger partial charge in [-0.1, -0.05) is 12.2 Å². The molecule has 1 aromatic rings. The maximum absolute atomic E-state index is 12.6. The maximum Gasteiger partial charge on any atom is 0.320 e. The SMILES string of the molecule is O=C(NCN1C(=O)[C@H]2[C@H](C1=O)[C@H]1C=C[C@H]2CC1)Nc1cccnc1. The summed E-state index contributed by atoms with van der Waals surface area (Å²) in [6.07, 6.45) is 9.20. The van der Waals surface area contributed by atoms with Crippen LogP contribution in [0.4, 0.5) is 10.5 Å². The zero-order valence-electron chi connectivity index (χ0n) is 13.0. The summed E-state index contributed by atoms with van der Waals surface area (Å²) in [4.78, 5) is 42.2. The van der Waals surface area contributed by atoms with Gasteiger partial charge < -0.3 is 10.6 Å². The van der Waals surface area contributed by atoms with Gasteiger partial charge in [0.1, 0.15) is 6.67 Å². The third-order valence-corrected chi connectivity index (χ3v) is 5.17. The molecule has 3 aliphatic carbocycles. The van der Waals surface area contributed by atoms with Gasteiger partial charge in [-0.25, -0.2) is 4.79 Å². The van der Waals surface area contributed by atoms with E-state index in [-0.39, 0.29) is 42.2 Å². The quantitative estimate of drug-likeness (QED) is 0.648. The number of hydrogen-bond acceptors (Lipinski definition) is 4. The summed E-state index contributed by atoms with van der Waals surface area (Å²) in [5.41, 5.74) is 0.546. The number of carbonyl (C=O) groups excluding carboxylic acids is 3. The molecule has 0 unspecified atom stereocenters. The van der Waals surface area contributed by atoms with Crippen LogP contribution in [-0.2, 0) is 9.59 Å². The Morgan fingerprint density at radius 3 is 2.38 bits per heavy atom. The van der Waals surface area contributed by atoms with Crippen LogP contribution in [0.25, 0.3) is 0 Å². The van der Waals surface area contributed by atoms with Crippen molar-refractivity contribution in [1.82, 2.24) is 15.2 Å². The van der Waals surface area contributed by atoms with E-state index in [0.717, 1.165) is 12.8 Å². The molecule has 24 heavy (non-hydrogen) atoms. The molecule has 0 radical (unpaired) electrons. The Morgan fingerprint density at radius 2 is 1.83 bits per heavy atom. The number of allylic oxidation sites excluding steroid dienone is 2. The lowest BCUT2D eigenvalue weighted by molar-refractivity contribution is -0.140. The average molecular weight is 326 g/mol. The summed E-state index contributed by atoms with van der Waals surface area (Å²) < 4.78 is 0. The van der Waals surface area contributed by atoms with E-state index in [0.29, 0.717) is 5.69 Å². The molecule has 7 heteroatoms. The van der Waals surface area contributed by atoms with Crippen LogP contribution in [0.15, 0.2) is 36.7 Å². The minimum atomic E-state index is -0.473. The van der Waals surface area contributed by atoms with Crippen molar-refractivity contribution in [2.75, 3.05) is 12.0 Å². The Morgan fingerprint density at radius 1 is 1.17 bits per heavy atom. The van der Waals surface area contributed by atoms with Crippen LogP contribution in [0.5, 0.6) is 0 Å². The standard InChI is InChI=1S/C17H18N4O3/c22-15-13-10-3-4-11(6-5-10)14(13)16(23)21(15)9-19-17(24)20-12-2-1-7-18-8-12/h1-4,7-8,10-11,13-14H,5-6,9H2,(H2,19,20,24)/t10-,11-,13+,14+/m0/s1.